The first-order chi connectivity index (χ1) is 14.1. The molecule has 5 nitrogen and oxygen atoms in total. The molecule has 152 valence electrons. The van der Waals surface area contributed by atoms with Gasteiger partial charge in [0.05, 0.1) is 13.2 Å². The molecule has 2 aromatic carbocycles. The number of carboxylic acid groups (broad SMARTS) is 1. The maximum absolute atomic E-state index is 12.2. The van der Waals surface area contributed by atoms with Gasteiger partial charge in [0.25, 0.3) is 0 Å². The molecule has 1 aliphatic rings. The van der Waals surface area contributed by atoms with E-state index in [-0.39, 0.29) is 0 Å². The SMILES string of the molecule is CCOc1ccc(-c2c(C(=O)O)n(CC)c3ccc(COCC4CC4)cc23)cc1. The third-order valence-corrected chi connectivity index (χ3v) is 5.42. The second-order valence-corrected chi connectivity index (χ2v) is 7.54. The van der Waals surface area contributed by atoms with Crippen LogP contribution in [0, 0.1) is 5.92 Å². The monoisotopic (exact) mass is 393 g/mol. The van der Waals surface area contributed by atoms with E-state index in [2.05, 4.69) is 6.07 Å². The van der Waals surface area contributed by atoms with Gasteiger partial charge in [-0.05, 0) is 68.0 Å². The highest BCUT2D eigenvalue weighted by Crippen LogP contribution is 2.37. The van der Waals surface area contributed by atoms with Crippen LogP contribution in [-0.4, -0.2) is 28.9 Å². The van der Waals surface area contributed by atoms with E-state index < -0.39 is 5.97 Å². The first-order valence-electron chi connectivity index (χ1n) is 10.3. The third kappa shape index (κ3) is 4.01. The van der Waals surface area contributed by atoms with E-state index in [0.717, 1.165) is 45.9 Å². The Kier molecular flexibility index (Phi) is 5.58. The minimum absolute atomic E-state index is 0.322. The first-order valence-corrected chi connectivity index (χ1v) is 10.3. The molecule has 0 amide bonds. The Morgan fingerprint density at radius 2 is 1.90 bits per heavy atom. The number of carbonyl (C=O) groups is 1. The van der Waals surface area contributed by atoms with Crippen molar-refractivity contribution in [2.45, 2.75) is 39.8 Å². The number of nitrogens with zero attached hydrogens (tertiary/aromatic N) is 1. The van der Waals surface area contributed by atoms with E-state index in [4.69, 9.17) is 9.47 Å². The average molecular weight is 393 g/mol. The van der Waals surface area contributed by atoms with Crippen LogP contribution in [0.5, 0.6) is 5.75 Å². The Morgan fingerprint density at radius 1 is 1.14 bits per heavy atom. The molecule has 0 spiro atoms. The molecular formula is C24H27NO4. The highest BCUT2D eigenvalue weighted by atomic mass is 16.5. The number of rotatable bonds is 9. The number of aromatic carboxylic acids is 1. The van der Waals surface area contributed by atoms with Crippen LogP contribution in [0.25, 0.3) is 22.0 Å². The zero-order valence-electron chi connectivity index (χ0n) is 17.0. The summed E-state index contributed by atoms with van der Waals surface area (Å²) in [6.07, 6.45) is 2.53. The van der Waals surface area contributed by atoms with Gasteiger partial charge in [0.2, 0.25) is 0 Å². The summed E-state index contributed by atoms with van der Waals surface area (Å²) < 4.78 is 13.3. The Balaban J connectivity index is 1.79. The molecule has 3 aromatic rings. The molecule has 1 heterocycles. The zero-order valence-corrected chi connectivity index (χ0v) is 17.0. The molecule has 0 unspecified atom stereocenters. The second kappa shape index (κ2) is 8.29. The predicted octanol–water partition coefficient (Wildman–Crippen LogP) is 5.35. The van der Waals surface area contributed by atoms with Gasteiger partial charge in [-0.25, -0.2) is 4.79 Å². The predicted molar refractivity (Wildman–Crippen MR) is 114 cm³/mol. The summed E-state index contributed by atoms with van der Waals surface area (Å²) in [7, 11) is 0. The van der Waals surface area contributed by atoms with Crippen molar-refractivity contribution in [1.82, 2.24) is 4.57 Å². The third-order valence-electron chi connectivity index (χ3n) is 5.42. The van der Waals surface area contributed by atoms with Crippen molar-refractivity contribution in [1.29, 1.82) is 0 Å². The van der Waals surface area contributed by atoms with E-state index in [9.17, 15) is 9.90 Å². The molecule has 5 heteroatoms. The molecule has 29 heavy (non-hydrogen) atoms. The Morgan fingerprint density at radius 3 is 2.52 bits per heavy atom. The van der Waals surface area contributed by atoms with Crippen molar-refractivity contribution in [2.24, 2.45) is 5.92 Å². The Labute approximate surface area is 170 Å². The summed E-state index contributed by atoms with van der Waals surface area (Å²) in [6.45, 7) is 6.46. The summed E-state index contributed by atoms with van der Waals surface area (Å²) in [5.74, 6) is 0.581. The quantitative estimate of drug-likeness (QED) is 0.532. The molecule has 1 aromatic heterocycles. The number of benzene rings is 2. The summed E-state index contributed by atoms with van der Waals surface area (Å²) in [5, 5.41) is 10.9. The maximum Gasteiger partial charge on any atom is 0.353 e. The molecular weight excluding hydrogens is 366 g/mol. The molecule has 1 aliphatic carbocycles. The fourth-order valence-corrected chi connectivity index (χ4v) is 3.85. The Hall–Kier alpha value is -2.79. The molecule has 0 radical (unpaired) electrons. The first kappa shape index (κ1) is 19.5. The Bertz CT molecular complexity index is 1020. The van der Waals surface area contributed by atoms with E-state index in [1.165, 1.54) is 12.8 Å². The van der Waals surface area contributed by atoms with Gasteiger partial charge in [-0.1, -0.05) is 18.2 Å². The van der Waals surface area contributed by atoms with Crippen LogP contribution in [0.4, 0.5) is 0 Å². The number of carboxylic acids is 1. The van der Waals surface area contributed by atoms with E-state index in [1.807, 2.05) is 54.8 Å². The van der Waals surface area contributed by atoms with Crippen LogP contribution in [0.3, 0.4) is 0 Å². The zero-order chi connectivity index (χ0) is 20.4. The average Bonchev–Trinajstić information content (AvgIpc) is 3.48. The largest absolute Gasteiger partial charge is 0.494 e. The lowest BCUT2D eigenvalue weighted by molar-refractivity contribution is 0.0687. The van der Waals surface area contributed by atoms with E-state index in [0.29, 0.717) is 25.5 Å². The van der Waals surface area contributed by atoms with Crippen LogP contribution < -0.4 is 4.74 Å². The van der Waals surface area contributed by atoms with E-state index in [1.54, 1.807) is 0 Å². The van der Waals surface area contributed by atoms with Crippen LogP contribution in [0.15, 0.2) is 42.5 Å². The number of aryl methyl sites for hydroxylation is 1. The number of hydrogen-bond acceptors (Lipinski definition) is 3. The van der Waals surface area contributed by atoms with Gasteiger partial charge < -0.3 is 19.1 Å². The van der Waals surface area contributed by atoms with Gasteiger partial charge in [0.1, 0.15) is 11.4 Å². The summed E-state index contributed by atoms with van der Waals surface area (Å²) in [6, 6.07) is 13.8. The number of aromatic nitrogens is 1. The molecule has 1 saturated carbocycles. The molecule has 4 rings (SSSR count). The minimum Gasteiger partial charge on any atom is -0.494 e. The maximum atomic E-state index is 12.2. The lowest BCUT2D eigenvalue weighted by Crippen LogP contribution is -2.08. The van der Waals surface area contributed by atoms with Crippen molar-refractivity contribution in [3.05, 3.63) is 53.7 Å². The standard InChI is InChI=1S/C24H27NO4/c1-3-25-21-12-7-17(15-28-14-16-5-6-16)13-20(21)22(23(25)24(26)27)18-8-10-19(11-9-18)29-4-2/h7-13,16H,3-6,14-15H2,1-2H3,(H,26,27). The molecule has 1 N–H and O–H groups in total. The fourth-order valence-electron chi connectivity index (χ4n) is 3.85. The lowest BCUT2D eigenvalue weighted by Gasteiger charge is -2.07. The summed E-state index contributed by atoms with van der Waals surface area (Å²) >= 11 is 0. The summed E-state index contributed by atoms with van der Waals surface area (Å²) in [5.41, 5.74) is 3.94. The molecule has 0 atom stereocenters. The van der Waals surface area contributed by atoms with Gasteiger partial charge in [-0.2, -0.15) is 0 Å². The topological polar surface area (TPSA) is 60.7 Å². The highest BCUT2D eigenvalue weighted by molar-refractivity contribution is 6.08. The van der Waals surface area contributed by atoms with Gasteiger partial charge in [0, 0.05) is 29.6 Å². The molecule has 0 saturated heterocycles. The van der Waals surface area contributed by atoms with Crippen molar-refractivity contribution < 1.29 is 19.4 Å². The molecule has 0 aliphatic heterocycles. The number of fused-ring (bicyclic) bond motifs is 1. The minimum atomic E-state index is -0.918. The highest BCUT2D eigenvalue weighted by Gasteiger charge is 2.24. The smallest absolute Gasteiger partial charge is 0.353 e. The van der Waals surface area contributed by atoms with Gasteiger partial charge in [-0.15, -0.1) is 0 Å². The second-order valence-electron chi connectivity index (χ2n) is 7.54. The van der Waals surface area contributed by atoms with Gasteiger partial charge in [-0.3, -0.25) is 0 Å². The normalized spacial score (nSPS) is 13.7. The van der Waals surface area contributed by atoms with Gasteiger partial charge in [0.15, 0.2) is 0 Å². The molecule has 1 fully saturated rings. The number of hydrogen-bond donors (Lipinski definition) is 1. The van der Waals surface area contributed by atoms with Crippen molar-refractivity contribution >= 4 is 16.9 Å². The van der Waals surface area contributed by atoms with Crippen LogP contribution in [0.1, 0.15) is 42.7 Å². The van der Waals surface area contributed by atoms with Crippen LogP contribution in [-0.2, 0) is 17.9 Å². The fraction of sp³-hybridized carbons (Fsp3) is 0.375. The van der Waals surface area contributed by atoms with E-state index >= 15 is 0 Å². The summed E-state index contributed by atoms with van der Waals surface area (Å²) in [4.78, 5) is 12.2. The van der Waals surface area contributed by atoms with Crippen molar-refractivity contribution in [2.75, 3.05) is 13.2 Å². The van der Waals surface area contributed by atoms with Gasteiger partial charge >= 0.3 is 5.97 Å². The number of ether oxygens (including phenoxy) is 2. The van der Waals surface area contributed by atoms with Crippen LogP contribution >= 0.6 is 0 Å². The lowest BCUT2D eigenvalue weighted by atomic mass is 10.0. The van der Waals surface area contributed by atoms with Crippen molar-refractivity contribution in [3.63, 3.8) is 0 Å². The molecule has 0 bridgehead atoms. The van der Waals surface area contributed by atoms with Crippen LogP contribution in [0.2, 0.25) is 0 Å². The van der Waals surface area contributed by atoms with Crippen molar-refractivity contribution in [3.8, 4) is 16.9 Å².